The summed E-state index contributed by atoms with van der Waals surface area (Å²) >= 11 is 0. The average Bonchev–Trinajstić information content (AvgIpc) is 2.56. The van der Waals surface area contributed by atoms with E-state index in [0.29, 0.717) is 12.8 Å². The quantitative estimate of drug-likeness (QED) is 0.0269. The molecule has 8 rings (SSSR count). The second kappa shape index (κ2) is 38.1. The number of hydrogen-bond donors (Lipinski definition) is 0. The molecule has 3 saturated heterocycles. The van der Waals surface area contributed by atoms with Crippen LogP contribution >= 0.6 is 0 Å². The second-order valence-electron chi connectivity index (χ2n) is 22.7. The van der Waals surface area contributed by atoms with Crippen LogP contribution in [0, 0.1) is 0 Å². The molecule has 0 bridgehead atoms. The highest BCUT2D eigenvalue weighted by Crippen LogP contribution is 2.37. The van der Waals surface area contributed by atoms with E-state index in [-0.39, 0.29) is 64.8 Å². The van der Waals surface area contributed by atoms with E-state index < -0.39 is 73.8 Å². The fourth-order valence-corrected chi connectivity index (χ4v) is 11.1. The lowest BCUT2D eigenvalue weighted by Gasteiger charge is -2.30. The van der Waals surface area contributed by atoms with Crippen LogP contribution in [0.5, 0.6) is 0 Å². The molecule has 15 heteroatoms. The molecule has 3 aliphatic heterocycles. The predicted octanol–water partition coefficient (Wildman–Crippen LogP) is 13.5. The van der Waals surface area contributed by atoms with E-state index in [1.54, 1.807) is 7.11 Å². The zero-order valence-corrected chi connectivity index (χ0v) is 51.0. The standard InChI is InChI=1S/C71H94O15/c1-4-6-8-10-12-14-31-43-61(72)75-50-58-63(77-45-53-33-21-16-22-34-53)66(79-47-55-37-25-18-26-38-55)70(84-58)82-52-60-65(68(69(74-3)83-60)81-49-57-41-29-20-30-42-57)86-71-67(80-48-56-39-27-19-28-40-56)64(78-46-54-35-23-17-24-36-54)59(85-71)51-76-62(73)44-32-15-13-11-9-7-5-2/h16-30,33-42,58-60,63-71H,4-15,31-32,43-52H2,1-3H3/t58-,59-,60-,63-,64-,65-,66+,67+,68+,69+,70+,71-/m1/s1. The van der Waals surface area contributed by atoms with Gasteiger partial charge in [0.15, 0.2) is 18.9 Å². The highest BCUT2D eigenvalue weighted by Gasteiger charge is 2.55. The molecule has 0 unspecified atom stereocenters. The number of unbranched alkanes of at least 4 members (excludes halogenated alkanes) is 12. The molecule has 0 radical (unpaired) electrons. The van der Waals surface area contributed by atoms with Crippen LogP contribution in [0.4, 0.5) is 0 Å². The lowest BCUT2D eigenvalue weighted by molar-refractivity contribution is -0.239. The first-order chi connectivity index (χ1) is 42.4. The maximum absolute atomic E-state index is 13.4. The molecular weight excluding hydrogens is 1090 g/mol. The molecule has 0 spiro atoms. The SMILES string of the molecule is CCCCCCCCCC(=O)OC[C@H]1O[C@H](OC[C@H]2O[C@H](OC)[C@@H](OCc3ccccc3)[C@@H]2O[C@H]2O[C@H](COC(=O)CCCCCCCCC)[C@@H](OCc3ccccc3)[C@@H]2OCc2ccccc2)[C@@H](OCc2ccccc2)[C@@H]1OCc1ccccc1. The maximum Gasteiger partial charge on any atom is 0.305 e. The van der Waals surface area contributed by atoms with Gasteiger partial charge in [0, 0.05) is 20.0 Å². The van der Waals surface area contributed by atoms with Crippen LogP contribution in [0.2, 0.25) is 0 Å². The smallest absolute Gasteiger partial charge is 0.305 e. The van der Waals surface area contributed by atoms with E-state index in [0.717, 1.165) is 72.8 Å². The summed E-state index contributed by atoms with van der Waals surface area (Å²) in [5.41, 5.74) is 4.72. The van der Waals surface area contributed by atoms with E-state index in [1.807, 2.05) is 152 Å². The summed E-state index contributed by atoms with van der Waals surface area (Å²) in [6.45, 7) is 5.28. The molecule has 3 heterocycles. The van der Waals surface area contributed by atoms with Crippen molar-refractivity contribution in [2.24, 2.45) is 0 Å². The van der Waals surface area contributed by atoms with Gasteiger partial charge in [0.1, 0.15) is 68.1 Å². The van der Waals surface area contributed by atoms with Gasteiger partial charge in [-0.1, -0.05) is 243 Å². The zero-order valence-electron chi connectivity index (χ0n) is 51.0. The molecule has 468 valence electrons. The van der Waals surface area contributed by atoms with E-state index in [4.69, 9.17) is 61.6 Å². The van der Waals surface area contributed by atoms with Crippen molar-refractivity contribution in [3.63, 3.8) is 0 Å². The molecule has 0 N–H and O–H groups in total. The first kappa shape index (κ1) is 66.6. The number of esters is 2. The Labute approximate surface area is 510 Å². The van der Waals surface area contributed by atoms with Gasteiger partial charge in [-0.2, -0.15) is 0 Å². The van der Waals surface area contributed by atoms with Gasteiger partial charge in [-0.05, 0) is 40.7 Å². The van der Waals surface area contributed by atoms with Crippen molar-refractivity contribution in [3.05, 3.63) is 179 Å². The summed E-state index contributed by atoms with van der Waals surface area (Å²) in [4.78, 5) is 26.8. The Hall–Kier alpha value is -5.40. The fraction of sp³-hybridized carbons (Fsp3) is 0.549. The van der Waals surface area contributed by atoms with Gasteiger partial charge in [-0.25, -0.2) is 0 Å². The van der Waals surface area contributed by atoms with Crippen LogP contribution in [-0.2, 0) is 104 Å². The highest BCUT2D eigenvalue weighted by molar-refractivity contribution is 5.69. The van der Waals surface area contributed by atoms with Gasteiger partial charge in [0.25, 0.3) is 0 Å². The minimum atomic E-state index is -1.10. The molecular formula is C71H94O15. The molecule has 0 aromatic heterocycles. The minimum Gasteiger partial charge on any atom is -0.463 e. The summed E-state index contributed by atoms with van der Waals surface area (Å²) in [6, 6.07) is 49.4. The number of rotatable bonds is 41. The van der Waals surface area contributed by atoms with Crippen LogP contribution in [0.1, 0.15) is 144 Å². The van der Waals surface area contributed by atoms with Crippen LogP contribution < -0.4 is 0 Å². The largest absolute Gasteiger partial charge is 0.463 e. The number of benzene rings is 5. The van der Waals surface area contributed by atoms with E-state index in [2.05, 4.69) is 13.8 Å². The highest BCUT2D eigenvalue weighted by atomic mass is 16.8. The lowest BCUT2D eigenvalue weighted by Crippen LogP contribution is -2.46. The Balaban J connectivity index is 1.05. The molecule has 0 amide bonds. The van der Waals surface area contributed by atoms with Gasteiger partial charge in [-0.15, -0.1) is 0 Å². The number of methoxy groups -OCH3 is 1. The van der Waals surface area contributed by atoms with Gasteiger partial charge in [0.05, 0.1) is 39.6 Å². The molecule has 0 aliphatic carbocycles. The van der Waals surface area contributed by atoms with Crippen molar-refractivity contribution in [2.45, 2.75) is 223 Å². The average molecular weight is 1190 g/mol. The van der Waals surface area contributed by atoms with E-state index in [1.165, 1.54) is 44.9 Å². The first-order valence-corrected chi connectivity index (χ1v) is 31.7. The van der Waals surface area contributed by atoms with Crippen molar-refractivity contribution in [1.82, 2.24) is 0 Å². The van der Waals surface area contributed by atoms with Gasteiger partial charge < -0.3 is 61.6 Å². The monoisotopic (exact) mass is 1190 g/mol. The Morgan fingerprint density at radius 1 is 0.337 bits per heavy atom. The third-order valence-corrected chi connectivity index (χ3v) is 16.0. The van der Waals surface area contributed by atoms with Crippen molar-refractivity contribution < 1.29 is 71.2 Å². The number of carbonyl (C=O) groups excluding carboxylic acids is 2. The van der Waals surface area contributed by atoms with E-state index in [9.17, 15) is 9.59 Å². The molecule has 3 fully saturated rings. The molecule has 5 aromatic rings. The third-order valence-electron chi connectivity index (χ3n) is 16.0. The lowest BCUT2D eigenvalue weighted by atomic mass is 10.1. The van der Waals surface area contributed by atoms with Crippen molar-refractivity contribution >= 4 is 11.9 Å². The summed E-state index contributed by atoms with van der Waals surface area (Å²) in [5.74, 6) is -0.594. The normalized spacial score (nSPS) is 24.5. The second-order valence-corrected chi connectivity index (χ2v) is 22.7. The van der Waals surface area contributed by atoms with Crippen LogP contribution in [-0.4, -0.2) is 113 Å². The Bertz CT molecular complexity index is 2580. The maximum atomic E-state index is 13.4. The first-order valence-electron chi connectivity index (χ1n) is 31.7. The van der Waals surface area contributed by atoms with Crippen LogP contribution in [0.15, 0.2) is 152 Å². The molecule has 0 saturated carbocycles. The van der Waals surface area contributed by atoms with Crippen molar-refractivity contribution in [3.8, 4) is 0 Å². The third kappa shape index (κ3) is 22.0. The number of hydrogen-bond acceptors (Lipinski definition) is 15. The summed E-state index contributed by atoms with van der Waals surface area (Å²) in [5, 5.41) is 0. The van der Waals surface area contributed by atoms with Crippen LogP contribution in [0.25, 0.3) is 0 Å². The summed E-state index contributed by atoms with van der Waals surface area (Å²) in [7, 11) is 1.56. The Morgan fingerprint density at radius 2 is 0.640 bits per heavy atom. The summed E-state index contributed by atoms with van der Waals surface area (Å²) < 4.78 is 86.5. The summed E-state index contributed by atoms with van der Waals surface area (Å²) in [6.07, 6.45) is 5.51. The number of ether oxygens (including phenoxy) is 13. The number of carbonyl (C=O) groups is 2. The molecule has 15 nitrogen and oxygen atoms in total. The Morgan fingerprint density at radius 3 is 1.01 bits per heavy atom. The van der Waals surface area contributed by atoms with Crippen molar-refractivity contribution in [1.29, 1.82) is 0 Å². The van der Waals surface area contributed by atoms with Gasteiger partial charge in [0.2, 0.25) is 0 Å². The molecule has 3 aliphatic rings. The van der Waals surface area contributed by atoms with Gasteiger partial charge in [-0.3, -0.25) is 9.59 Å². The predicted molar refractivity (Wildman–Crippen MR) is 326 cm³/mol. The van der Waals surface area contributed by atoms with Crippen molar-refractivity contribution in [2.75, 3.05) is 26.9 Å². The van der Waals surface area contributed by atoms with Crippen LogP contribution in [0.3, 0.4) is 0 Å². The topological polar surface area (TPSA) is 154 Å². The molecule has 5 aromatic carbocycles. The zero-order chi connectivity index (χ0) is 59.8. The minimum absolute atomic E-state index is 0.0703. The molecule has 86 heavy (non-hydrogen) atoms. The Kier molecular flexibility index (Phi) is 29.5. The van der Waals surface area contributed by atoms with E-state index >= 15 is 0 Å². The molecule has 12 atom stereocenters. The van der Waals surface area contributed by atoms with Gasteiger partial charge >= 0.3 is 11.9 Å². The fourth-order valence-electron chi connectivity index (χ4n) is 11.1.